The number of benzene rings is 1. The number of hydrogen-bond donors (Lipinski definition) is 1. The van der Waals surface area contributed by atoms with E-state index in [-0.39, 0.29) is 22.6 Å². The molecule has 1 aromatic carbocycles. The normalized spacial score (nSPS) is 15.0. The largest absolute Gasteiger partial charge is 0.489 e. The summed E-state index contributed by atoms with van der Waals surface area (Å²) in [7, 11) is 1.22. The highest BCUT2D eigenvalue weighted by Gasteiger charge is 2.29. The van der Waals surface area contributed by atoms with Crippen molar-refractivity contribution >= 4 is 29.4 Å². The van der Waals surface area contributed by atoms with Crippen LogP contribution < -0.4 is 10.1 Å². The number of halogens is 2. The van der Waals surface area contributed by atoms with Crippen molar-refractivity contribution in [3.63, 3.8) is 0 Å². The number of esters is 1. The highest BCUT2D eigenvalue weighted by molar-refractivity contribution is 6.32. The summed E-state index contributed by atoms with van der Waals surface area (Å²) in [5.74, 6) is -1.21. The Balaban J connectivity index is 2.15. The zero-order chi connectivity index (χ0) is 20.0. The Morgan fingerprint density at radius 2 is 2.00 bits per heavy atom. The summed E-state index contributed by atoms with van der Waals surface area (Å²) in [6.45, 7) is 3.58. The highest BCUT2D eigenvalue weighted by atomic mass is 35.5. The van der Waals surface area contributed by atoms with E-state index in [0.29, 0.717) is 12.0 Å². The number of hydrogen-bond acceptors (Lipinski definition) is 5. The van der Waals surface area contributed by atoms with Gasteiger partial charge in [-0.2, -0.15) is 0 Å². The Morgan fingerprint density at radius 3 is 2.59 bits per heavy atom. The van der Waals surface area contributed by atoms with Crippen LogP contribution in [0.25, 0.3) is 0 Å². The molecule has 0 radical (unpaired) electrons. The van der Waals surface area contributed by atoms with E-state index in [9.17, 15) is 14.0 Å². The highest BCUT2D eigenvalue weighted by Crippen LogP contribution is 2.31. The molecule has 1 atom stereocenters. The molecule has 0 heterocycles. The molecule has 1 aliphatic carbocycles. The van der Waals surface area contributed by atoms with E-state index in [1.54, 1.807) is 13.8 Å². The van der Waals surface area contributed by atoms with Crippen molar-refractivity contribution in [1.29, 1.82) is 0 Å². The van der Waals surface area contributed by atoms with Crippen LogP contribution in [0.5, 0.6) is 5.75 Å². The van der Waals surface area contributed by atoms with Gasteiger partial charge in [-0.1, -0.05) is 17.7 Å². The van der Waals surface area contributed by atoms with Gasteiger partial charge in [0.15, 0.2) is 0 Å². The molecule has 148 valence electrons. The molecule has 1 unspecified atom stereocenters. The summed E-state index contributed by atoms with van der Waals surface area (Å²) in [5.41, 5.74) is 0.518. The summed E-state index contributed by atoms with van der Waals surface area (Å²) in [5, 5.41) is 2.37. The molecule has 6 nitrogen and oxygen atoms in total. The van der Waals surface area contributed by atoms with Crippen LogP contribution in [-0.2, 0) is 14.3 Å². The topological polar surface area (TPSA) is 73.9 Å². The first-order valence-corrected chi connectivity index (χ1v) is 9.09. The van der Waals surface area contributed by atoms with E-state index in [0.717, 1.165) is 25.3 Å². The number of ether oxygens (including phenoxy) is 3. The zero-order valence-corrected chi connectivity index (χ0v) is 16.3. The summed E-state index contributed by atoms with van der Waals surface area (Å²) in [4.78, 5) is 24.3. The molecule has 8 heteroatoms. The molecule has 2 rings (SSSR count). The molecule has 0 spiro atoms. The maximum absolute atomic E-state index is 14.1. The van der Waals surface area contributed by atoms with Crippen LogP contribution in [-0.4, -0.2) is 31.4 Å². The Morgan fingerprint density at radius 1 is 1.26 bits per heavy atom. The van der Waals surface area contributed by atoms with Gasteiger partial charge in [-0.05, 0) is 51.2 Å². The van der Waals surface area contributed by atoms with Crippen molar-refractivity contribution in [3.8, 4) is 5.75 Å². The molecule has 1 aliphatic rings. The first-order chi connectivity index (χ1) is 12.8. The minimum atomic E-state index is -1.16. The second-order valence-corrected chi connectivity index (χ2v) is 6.79. The van der Waals surface area contributed by atoms with Crippen LogP contribution in [0.2, 0.25) is 5.02 Å². The van der Waals surface area contributed by atoms with E-state index in [2.05, 4.69) is 5.32 Å². The van der Waals surface area contributed by atoms with Gasteiger partial charge in [-0.15, -0.1) is 0 Å². The van der Waals surface area contributed by atoms with Crippen molar-refractivity contribution in [3.05, 3.63) is 34.6 Å². The maximum Gasteiger partial charge on any atom is 0.412 e. The minimum absolute atomic E-state index is 0.0833. The Bertz CT molecular complexity index is 735. The third-order valence-corrected chi connectivity index (χ3v) is 4.22. The lowest BCUT2D eigenvalue weighted by molar-refractivity contribution is -0.148. The molecule has 0 bridgehead atoms. The van der Waals surface area contributed by atoms with Crippen LogP contribution in [0.15, 0.2) is 23.8 Å². The molecule has 1 aromatic rings. The van der Waals surface area contributed by atoms with E-state index in [1.165, 1.54) is 13.2 Å². The molecule has 0 fully saturated rings. The Hall–Kier alpha value is -2.28. The van der Waals surface area contributed by atoms with Crippen molar-refractivity contribution in [2.45, 2.75) is 51.7 Å². The smallest absolute Gasteiger partial charge is 0.412 e. The van der Waals surface area contributed by atoms with Gasteiger partial charge in [0.2, 0.25) is 6.10 Å². The third-order valence-electron chi connectivity index (χ3n) is 3.92. The number of rotatable bonds is 6. The van der Waals surface area contributed by atoms with Crippen LogP contribution >= 0.6 is 11.6 Å². The van der Waals surface area contributed by atoms with Crippen LogP contribution in [0.4, 0.5) is 14.9 Å². The average Bonchev–Trinajstić information content (AvgIpc) is 2.63. The summed E-state index contributed by atoms with van der Waals surface area (Å²) in [6, 6.07) is 2.31. The van der Waals surface area contributed by atoms with E-state index >= 15 is 0 Å². The summed E-state index contributed by atoms with van der Waals surface area (Å²) in [6.07, 6.45) is 2.89. The van der Waals surface area contributed by atoms with Gasteiger partial charge in [0.05, 0.1) is 23.9 Å². The van der Waals surface area contributed by atoms with Crippen molar-refractivity contribution < 1.29 is 28.2 Å². The monoisotopic (exact) mass is 399 g/mol. The third kappa shape index (κ3) is 5.85. The second kappa shape index (κ2) is 9.60. The van der Waals surface area contributed by atoms with E-state index < -0.39 is 24.0 Å². The Labute approximate surface area is 162 Å². The van der Waals surface area contributed by atoms with E-state index in [4.69, 9.17) is 25.8 Å². The fraction of sp³-hybridized carbons (Fsp3) is 0.474. The van der Waals surface area contributed by atoms with Gasteiger partial charge in [0, 0.05) is 6.07 Å². The molecular formula is C19H23ClFNO5. The predicted molar refractivity (Wildman–Crippen MR) is 99.6 cm³/mol. The molecular weight excluding hydrogens is 377 g/mol. The molecule has 1 N–H and O–H groups in total. The molecule has 27 heavy (non-hydrogen) atoms. The summed E-state index contributed by atoms with van der Waals surface area (Å²) < 4.78 is 29.6. The number of anilines is 1. The molecule has 0 aromatic heterocycles. The quantitative estimate of drug-likeness (QED) is 0.546. The van der Waals surface area contributed by atoms with Gasteiger partial charge in [0.1, 0.15) is 11.6 Å². The van der Waals surface area contributed by atoms with Gasteiger partial charge in [-0.3, -0.25) is 5.32 Å². The molecule has 0 saturated carbocycles. The molecule has 1 amide bonds. The fourth-order valence-corrected chi connectivity index (χ4v) is 2.89. The van der Waals surface area contributed by atoms with E-state index in [1.807, 2.05) is 6.08 Å². The van der Waals surface area contributed by atoms with Gasteiger partial charge in [-0.25, -0.2) is 14.0 Å². The van der Waals surface area contributed by atoms with Gasteiger partial charge in [0.25, 0.3) is 0 Å². The maximum atomic E-state index is 14.1. The number of nitrogens with one attached hydrogen (secondary N) is 1. The number of carbonyl (C=O) groups excluding carboxylic acids is 2. The fourth-order valence-electron chi connectivity index (χ4n) is 2.70. The number of methoxy groups -OCH3 is 1. The Kier molecular flexibility index (Phi) is 7.47. The first-order valence-electron chi connectivity index (χ1n) is 8.72. The van der Waals surface area contributed by atoms with Crippen molar-refractivity contribution in [2.75, 3.05) is 12.4 Å². The lowest BCUT2D eigenvalue weighted by Gasteiger charge is -2.21. The second-order valence-electron chi connectivity index (χ2n) is 6.39. The van der Waals surface area contributed by atoms with Crippen LogP contribution in [0.3, 0.4) is 0 Å². The zero-order valence-electron chi connectivity index (χ0n) is 15.5. The molecule has 0 aliphatic heterocycles. The number of amides is 1. The SMILES string of the molecule is COC(=O)C(OC(=O)Nc1cc(OC(C)C)c(Cl)cc1F)C1=CCCCC1. The standard InChI is InChI=1S/C19H23ClFNO5/c1-11(2)26-16-10-15(14(21)9-13(16)20)22-19(24)27-17(18(23)25-3)12-7-5-4-6-8-12/h7,9-11,17H,4-6,8H2,1-3H3,(H,22,24). The predicted octanol–water partition coefficient (Wildman–Crippen LogP) is 4.86. The molecule has 0 saturated heterocycles. The number of allylic oxidation sites excluding steroid dienone is 1. The lowest BCUT2D eigenvalue weighted by atomic mass is 9.95. The van der Waals surface area contributed by atoms with Crippen LogP contribution in [0.1, 0.15) is 39.5 Å². The van der Waals surface area contributed by atoms with Crippen LogP contribution in [0, 0.1) is 5.82 Å². The number of carbonyl (C=O) groups is 2. The van der Waals surface area contributed by atoms with Crippen molar-refractivity contribution in [2.24, 2.45) is 0 Å². The minimum Gasteiger partial charge on any atom is -0.489 e. The summed E-state index contributed by atoms with van der Waals surface area (Å²) >= 11 is 5.95. The van der Waals surface area contributed by atoms with Crippen molar-refractivity contribution in [1.82, 2.24) is 0 Å². The lowest BCUT2D eigenvalue weighted by Crippen LogP contribution is -2.33. The average molecular weight is 400 g/mol. The first kappa shape index (κ1) is 21.0. The van der Waals surface area contributed by atoms with Gasteiger partial charge >= 0.3 is 12.1 Å². The van der Waals surface area contributed by atoms with Gasteiger partial charge < -0.3 is 14.2 Å².